The van der Waals surface area contributed by atoms with Gasteiger partial charge in [0, 0.05) is 12.4 Å². The molecule has 0 aromatic carbocycles. The third-order valence-electron chi connectivity index (χ3n) is 0.897. The second-order valence-corrected chi connectivity index (χ2v) is 1.68. The molecule has 1 amide bonds. The highest BCUT2D eigenvalue weighted by atomic mass is 35.5. The molecule has 3 N–H and O–H groups in total. The van der Waals surface area contributed by atoms with Gasteiger partial charge in [-0.1, -0.05) is 0 Å². The number of carbonyl (C=O) groups excluding carboxylic acids is 1. The van der Waals surface area contributed by atoms with E-state index in [1.165, 1.54) is 0 Å². The summed E-state index contributed by atoms with van der Waals surface area (Å²) < 4.78 is 0. The van der Waals surface area contributed by atoms with Crippen LogP contribution in [0, 0.1) is 0 Å². The molecule has 56 valence electrons. The van der Waals surface area contributed by atoms with Crippen molar-refractivity contribution >= 4 is 18.3 Å². The molecule has 1 heterocycles. The number of primary amides is 1. The van der Waals surface area contributed by atoms with Crippen molar-refractivity contribution in [3.63, 3.8) is 0 Å². The van der Waals surface area contributed by atoms with E-state index in [9.17, 15) is 4.79 Å². The van der Waals surface area contributed by atoms with Crippen LogP contribution in [0.2, 0.25) is 0 Å². The molecular formula is C5H8ClN3O. The number of H-pyrrole nitrogens is 1. The van der Waals surface area contributed by atoms with Crippen LogP contribution in [0.5, 0.6) is 0 Å². The van der Waals surface area contributed by atoms with Gasteiger partial charge in [-0.15, -0.1) is 12.4 Å². The summed E-state index contributed by atoms with van der Waals surface area (Å²) in [6.45, 7) is 0. The molecule has 0 saturated heterocycles. The minimum absolute atomic E-state index is 0. The quantitative estimate of drug-likeness (QED) is 0.634. The Morgan fingerprint density at radius 2 is 2.50 bits per heavy atom. The number of aromatic amines is 1. The fourth-order valence-corrected chi connectivity index (χ4v) is 0.560. The fraction of sp³-hybridized carbons (Fsp3) is 0.200. The summed E-state index contributed by atoms with van der Waals surface area (Å²) in [7, 11) is 0. The first kappa shape index (κ1) is 8.97. The van der Waals surface area contributed by atoms with Gasteiger partial charge in [0.15, 0.2) is 0 Å². The molecule has 0 aliphatic carbocycles. The summed E-state index contributed by atoms with van der Waals surface area (Å²) in [4.78, 5) is 16.8. The molecule has 0 saturated carbocycles. The first-order chi connectivity index (χ1) is 4.29. The maximum atomic E-state index is 10.2. The number of hydrogen-bond acceptors (Lipinski definition) is 2. The van der Waals surface area contributed by atoms with E-state index in [0.29, 0.717) is 5.82 Å². The SMILES string of the molecule is Cl.NC(=O)Cc1ncc[nH]1. The summed E-state index contributed by atoms with van der Waals surface area (Å²) in [6, 6.07) is 0. The number of imidazole rings is 1. The summed E-state index contributed by atoms with van der Waals surface area (Å²) in [5.41, 5.74) is 4.88. The largest absolute Gasteiger partial charge is 0.369 e. The van der Waals surface area contributed by atoms with Crippen molar-refractivity contribution in [1.29, 1.82) is 0 Å². The van der Waals surface area contributed by atoms with Gasteiger partial charge in [-0.3, -0.25) is 4.79 Å². The Morgan fingerprint density at radius 1 is 1.80 bits per heavy atom. The van der Waals surface area contributed by atoms with Crippen LogP contribution in [-0.2, 0) is 11.2 Å². The van der Waals surface area contributed by atoms with Crippen molar-refractivity contribution in [2.45, 2.75) is 6.42 Å². The van der Waals surface area contributed by atoms with Crippen molar-refractivity contribution in [2.24, 2.45) is 5.73 Å². The monoisotopic (exact) mass is 161 g/mol. The first-order valence-corrected chi connectivity index (χ1v) is 2.55. The number of nitrogens with one attached hydrogen (secondary N) is 1. The van der Waals surface area contributed by atoms with Crippen LogP contribution in [0.25, 0.3) is 0 Å². The Morgan fingerprint density at radius 3 is 2.90 bits per heavy atom. The predicted molar refractivity (Wildman–Crippen MR) is 38.7 cm³/mol. The Balaban J connectivity index is 0.000000810. The number of hydrogen-bond donors (Lipinski definition) is 2. The maximum absolute atomic E-state index is 10.2. The smallest absolute Gasteiger partial charge is 0.225 e. The predicted octanol–water partition coefficient (Wildman–Crippen LogP) is -0.141. The Bertz CT molecular complexity index is 197. The van der Waals surface area contributed by atoms with E-state index in [1.54, 1.807) is 12.4 Å². The summed E-state index contributed by atoms with van der Waals surface area (Å²) >= 11 is 0. The molecule has 10 heavy (non-hydrogen) atoms. The van der Waals surface area contributed by atoms with E-state index in [1.807, 2.05) is 0 Å². The van der Waals surface area contributed by atoms with Crippen molar-refractivity contribution in [3.8, 4) is 0 Å². The van der Waals surface area contributed by atoms with Gasteiger partial charge in [-0.2, -0.15) is 0 Å². The summed E-state index contributed by atoms with van der Waals surface area (Å²) in [5, 5.41) is 0. The zero-order valence-corrected chi connectivity index (χ0v) is 6.02. The molecule has 0 spiro atoms. The van der Waals surface area contributed by atoms with E-state index < -0.39 is 0 Å². The van der Waals surface area contributed by atoms with Crippen LogP contribution in [-0.4, -0.2) is 15.9 Å². The summed E-state index contributed by atoms with van der Waals surface area (Å²) in [5.74, 6) is 0.243. The van der Waals surface area contributed by atoms with Crippen LogP contribution in [0.3, 0.4) is 0 Å². The lowest BCUT2D eigenvalue weighted by atomic mass is 10.4. The molecule has 0 bridgehead atoms. The van der Waals surface area contributed by atoms with Crippen LogP contribution >= 0.6 is 12.4 Å². The van der Waals surface area contributed by atoms with Gasteiger partial charge < -0.3 is 10.7 Å². The van der Waals surface area contributed by atoms with Gasteiger partial charge in [0.2, 0.25) is 5.91 Å². The van der Waals surface area contributed by atoms with Crippen LogP contribution in [0.4, 0.5) is 0 Å². The van der Waals surface area contributed by atoms with Gasteiger partial charge in [0.1, 0.15) is 5.82 Å². The molecule has 0 atom stereocenters. The molecule has 1 rings (SSSR count). The zero-order chi connectivity index (χ0) is 6.69. The minimum atomic E-state index is -0.370. The van der Waals surface area contributed by atoms with E-state index in [4.69, 9.17) is 5.73 Å². The van der Waals surface area contributed by atoms with Gasteiger partial charge in [0.05, 0.1) is 6.42 Å². The highest BCUT2D eigenvalue weighted by molar-refractivity contribution is 5.85. The number of rotatable bonds is 2. The molecule has 1 aromatic heterocycles. The van der Waals surface area contributed by atoms with Crippen LogP contribution in [0.1, 0.15) is 5.82 Å². The molecule has 0 unspecified atom stereocenters. The van der Waals surface area contributed by atoms with E-state index in [0.717, 1.165) is 0 Å². The highest BCUT2D eigenvalue weighted by Gasteiger charge is 1.97. The normalized spacial score (nSPS) is 8.40. The Hall–Kier alpha value is -1.03. The van der Waals surface area contributed by atoms with E-state index in [2.05, 4.69) is 9.97 Å². The van der Waals surface area contributed by atoms with Gasteiger partial charge in [-0.25, -0.2) is 4.98 Å². The lowest BCUT2D eigenvalue weighted by molar-refractivity contribution is -0.117. The van der Waals surface area contributed by atoms with Crippen LogP contribution < -0.4 is 5.73 Å². The number of amides is 1. The molecule has 4 nitrogen and oxygen atoms in total. The third-order valence-corrected chi connectivity index (χ3v) is 0.897. The molecule has 1 aromatic rings. The number of carbonyl (C=O) groups is 1. The van der Waals surface area contributed by atoms with E-state index >= 15 is 0 Å². The minimum Gasteiger partial charge on any atom is -0.369 e. The first-order valence-electron chi connectivity index (χ1n) is 2.55. The molecule has 5 heteroatoms. The second-order valence-electron chi connectivity index (χ2n) is 1.68. The highest BCUT2D eigenvalue weighted by Crippen LogP contribution is 1.86. The number of aromatic nitrogens is 2. The average Bonchev–Trinajstić information content (AvgIpc) is 2.15. The third kappa shape index (κ3) is 2.50. The molecular weight excluding hydrogens is 154 g/mol. The maximum Gasteiger partial charge on any atom is 0.225 e. The van der Waals surface area contributed by atoms with Crippen molar-refractivity contribution < 1.29 is 4.79 Å². The second kappa shape index (κ2) is 3.90. The number of nitrogens with two attached hydrogens (primary N) is 1. The molecule has 0 aliphatic heterocycles. The van der Waals surface area contributed by atoms with Gasteiger partial charge >= 0.3 is 0 Å². The Kier molecular flexibility index (Phi) is 3.49. The van der Waals surface area contributed by atoms with Gasteiger partial charge in [0.25, 0.3) is 0 Å². The summed E-state index contributed by atoms with van der Waals surface area (Å²) in [6.07, 6.45) is 3.42. The van der Waals surface area contributed by atoms with Crippen molar-refractivity contribution in [2.75, 3.05) is 0 Å². The standard InChI is InChI=1S/C5H7N3O.ClH/c6-4(9)3-5-7-1-2-8-5;/h1-2H,3H2,(H2,6,9)(H,7,8);1H. The van der Waals surface area contributed by atoms with Crippen LogP contribution in [0.15, 0.2) is 12.4 Å². The fourth-order valence-electron chi connectivity index (χ4n) is 0.560. The van der Waals surface area contributed by atoms with Crippen molar-refractivity contribution in [1.82, 2.24) is 9.97 Å². The molecule has 0 fully saturated rings. The number of nitrogens with zero attached hydrogens (tertiary/aromatic N) is 1. The zero-order valence-electron chi connectivity index (χ0n) is 5.20. The van der Waals surface area contributed by atoms with Crippen molar-refractivity contribution in [3.05, 3.63) is 18.2 Å². The average molecular weight is 162 g/mol. The van der Waals surface area contributed by atoms with E-state index in [-0.39, 0.29) is 24.7 Å². The molecule has 0 aliphatic rings. The van der Waals surface area contributed by atoms with Gasteiger partial charge in [-0.05, 0) is 0 Å². The topological polar surface area (TPSA) is 71.8 Å². The lowest BCUT2D eigenvalue weighted by Crippen LogP contribution is -2.14. The Labute approximate surface area is 64.2 Å². The lowest BCUT2D eigenvalue weighted by Gasteiger charge is -1.86. The number of halogens is 1. The molecule has 0 radical (unpaired) electrons.